The number of ketones is 1. The van der Waals surface area contributed by atoms with Crippen molar-refractivity contribution >= 4 is 11.7 Å². The molecule has 1 saturated carbocycles. The van der Waals surface area contributed by atoms with Gasteiger partial charge in [-0.3, -0.25) is 9.59 Å². The maximum atomic E-state index is 13.1. The van der Waals surface area contributed by atoms with Gasteiger partial charge in [-0.05, 0) is 36.3 Å². The molecule has 122 valence electrons. The molecule has 3 atom stereocenters. The fourth-order valence-electron chi connectivity index (χ4n) is 4.30. The van der Waals surface area contributed by atoms with Gasteiger partial charge in [0.25, 0.3) is 5.91 Å². The molecule has 4 rings (SSSR count). The van der Waals surface area contributed by atoms with Crippen molar-refractivity contribution in [3.05, 3.63) is 71.3 Å². The second-order valence-electron chi connectivity index (χ2n) is 7.27. The van der Waals surface area contributed by atoms with E-state index in [1.165, 1.54) is 5.56 Å². The molecule has 3 nitrogen and oxygen atoms in total. The molecule has 1 unspecified atom stereocenters. The molecule has 0 radical (unpaired) electrons. The number of benzene rings is 2. The minimum Gasteiger partial charge on any atom is -0.349 e. The quantitative estimate of drug-likeness (QED) is 0.870. The lowest BCUT2D eigenvalue weighted by molar-refractivity contribution is 0.0780. The Morgan fingerprint density at radius 2 is 1.62 bits per heavy atom. The van der Waals surface area contributed by atoms with Crippen molar-refractivity contribution in [1.82, 2.24) is 5.32 Å². The largest absolute Gasteiger partial charge is 0.349 e. The van der Waals surface area contributed by atoms with E-state index in [2.05, 4.69) is 36.5 Å². The van der Waals surface area contributed by atoms with Crippen LogP contribution in [0.3, 0.4) is 0 Å². The monoisotopic (exact) mass is 319 g/mol. The normalized spacial score (nSPS) is 29.2. The highest BCUT2D eigenvalue weighted by Gasteiger charge is 2.44. The van der Waals surface area contributed by atoms with Crippen LogP contribution in [0.2, 0.25) is 0 Å². The zero-order valence-corrected chi connectivity index (χ0v) is 13.8. The summed E-state index contributed by atoms with van der Waals surface area (Å²) in [5.74, 6) is -0.165. The van der Waals surface area contributed by atoms with Gasteiger partial charge in [0.2, 0.25) is 0 Å². The summed E-state index contributed by atoms with van der Waals surface area (Å²) in [7, 11) is 0. The molecule has 0 saturated heterocycles. The van der Waals surface area contributed by atoms with Crippen molar-refractivity contribution in [3.63, 3.8) is 0 Å². The summed E-state index contributed by atoms with van der Waals surface area (Å²) in [6.07, 6.45) is 2.58. The molecule has 1 amide bonds. The predicted molar refractivity (Wildman–Crippen MR) is 93.2 cm³/mol. The van der Waals surface area contributed by atoms with E-state index in [1.807, 2.05) is 18.2 Å². The van der Waals surface area contributed by atoms with Gasteiger partial charge in [0.15, 0.2) is 5.78 Å². The van der Waals surface area contributed by atoms with Gasteiger partial charge in [-0.15, -0.1) is 0 Å². The van der Waals surface area contributed by atoms with Crippen molar-refractivity contribution < 1.29 is 9.59 Å². The van der Waals surface area contributed by atoms with Gasteiger partial charge in [0.1, 0.15) is 0 Å². The fraction of sp³-hybridized carbons (Fsp3) is 0.333. The van der Waals surface area contributed by atoms with Crippen LogP contribution in [0, 0.1) is 5.92 Å². The maximum absolute atomic E-state index is 13.1. The van der Waals surface area contributed by atoms with Crippen LogP contribution in [0.25, 0.3) is 0 Å². The molecule has 1 aliphatic heterocycles. The van der Waals surface area contributed by atoms with Gasteiger partial charge < -0.3 is 5.32 Å². The number of rotatable bonds is 1. The number of carbonyl (C=O) groups is 2. The fourth-order valence-corrected chi connectivity index (χ4v) is 4.30. The van der Waals surface area contributed by atoms with E-state index in [-0.39, 0.29) is 29.1 Å². The third kappa shape index (κ3) is 2.35. The Morgan fingerprint density at radius 3 is 2.38 bits per heavy atom. The lowest BCUT2D eigenvalue weighted by Gasteiger charge is -2.42. The van der Waals surface area contributed by atoms with Crippen molar-refractivity contribution in [2.45, 2.75) is 37.6 Å². The summed E-state index contributed by atoms with van der Waals surface area (Å²) in [5.41, 5.74) is 2.33. The van der Waals surface area contributed by atoms with Gasteiger partial charge >= 0.3 is 0 Å². The van der Waals surface area contributed by atoms with E-state index in [4.69, 9.17) is 0 Å². The van der Waals surface area contributed by atoms with Crippen molar-refractivity contribution in [2.75, 3.05) is 0 Å². The second-order valence-corrected chi connectivity index (χ2v) is 7.27. The van der Waals surface area contributed by atoms with Crippen LogP contribution in [-0.4, -0.2) is 17.7 Å². The van der Waals surface area contributed by atoms with Gasteiger partial charge in [-0.1, -0.05) is 55.5 Å². The number of carbonyl (C=O) groups excluding carboxylic acids is 2. The Morgan fingerprint density at radius 1 is 0.958 bits per heavy atom. The second kappa shape index (κ2) is 5.59. The van der Waals surface area contributed by atoms with Crippen LogP contribution >= 0.6 is 0 Å². The summed E-state index contributed by atoms with van der Waals surface area (Å²) >= 11 is 0. The third-order valence-corrected chi connectivity index (χ3v) is 5.72. The molecule has 24 heavy (non-hydrogen) atoms. The van der Waals surface area contributed by atoms with Gasteiger partial charge in [-0.2, -0.15) is 0 Å². The van der Waals surface area contributed by atoms with Crippen LogP contribution in [0.4, 0.5) is 0 Å². The summed E-state index contributed by atoms with van der Waals surface area (Å²) in [6.45, 7) is 2.24. The Bertz CT molecular complexity index is 798. The topological polar surface area (TPSA) is 46.2 Å². The molecule has 2 aromatic rings. The minimum atomic E-state index is -0.156. The summed E-state index contributed by atoms with van der Waals surface area (Å²) in [4.78, 5) is 25.6. The predicted octanol–water partition coefficient (Wildman–Crippen LogP) is 3.74. The van der Waals surface area contributed by atoms with E-state index >= 15 is 0 Å². The molecule has 1 heterocycles. The zero-order valence-electron chi connectivity index (χ0n) is 13.8. The highest BCUT2D eigenvalue weighted by Crippen LogP contribution is 2.43. The van der Waals surface area contributed by atoms with Crippen LogP contribution in [-0.2, 0) is 5.41 Å². The molecule has 3 heteroatoms. The highest BCUT2D eigenvalue weighted by atomic mass is 16.2. The van der Waals surface area contributed by atoms with E-state index < -0.39 is 0 Å². The van der Waals surface area contributed by atoms with Crippen molar-refractivity contribution in [2.24, 2.45) is 5.92 Å². The average Bonchev–Trinajstić information content (AvgIpc) is 2.72. The average molecular weight is 319 g/mol. The molecule has 1 aliphatic carbocycles. The zero-order chi connectivity index (χ0) is 16.7. The van der Waals surface area contributed by atoms with E-state index in [9.17, 15) is 9.59 Å². The first kappa shape index (κ1) is 15.1. The number of nitrogens with one attached hydrogen (secondary N) is 1. The first-order valence-corrected chi connectivity index (χ1v) is 8.58. The van der Waals surface area contributed by atoms with E-state index in [1.54, 1.807) is 12.1 Å². The standard InChI is InChI=1S/C21H21NO2/c1-21(14-7-3-2-4-8-14)12-11-18-17(13-21)19(23)15-9-5-6-10-16(15)20(24)22-18/h2-10,17-18H,11-13H2,1H3,(H,22,24)/t17-,18+,21?/m0/s1. The smallest absolute Gasteiger partial charge is 0.252 e. The van der Waals surface area contributed by atoms with Crippen LogP contribution in [0.15, 0.2) is 54.6 Å². The van der Waals surface area contributed by atoms with Crippen LogP contribution in [0.5, 0.6) is 0 Å². The molecule has 2 aliphatic rings. The first-order valence-electron chi connectivity index (χ1n) is 8.58. The molecule has 0 spiro atoms. The number of Topliss-reactive ketones (excluding diaryl/α,β-unsaturated/α-hetero) is 1. The number of fused-ring (bicyclic) bond motifs is 2. The Labute approximate surface area is 142 Å². The van der Waals surface area contributed by atoms with E-state index in [0.29, 0.717) is 11.1 Å². The summed E-state index contributed by atoms with van der Waals surface area (Å²) in [5, 5.41) is 3.10. The van der Waals surface area contributed by atoms with Gasteiger partial charge in [0, 0.05) is 17.5 Å². The molecular weight excluding hydrogens is 298 g/mol. The molecular formula is C21H21NO2. The van der Waals surface area contributed by atoms with Crippen molar-refractivity contribution in [3.8, 4) is 0 Å². The van der Waals surface area contributed by atoms with Gasteiger partial charge in [-0.25, -0.2) is 0 Å². The van der Waals surface area contributed by atoms with E-state index in [0.717, 1.165) is 19.3 Å². The molecule has 0 aromatic heterocycles. The lowest BCUT2D eigenvalue weighted by Crippen LogP contribution is -2.48. The molecule has 1 N–H and O–H groups in total. The highest BCUT2D eigenvalue weighted by molar-refractivity contribution is 6.11. The first-order chi connectivity index (χ1) is 11.6. The molecule has 2 aromatic carbocycles. The molecule has 0 bridgehead atoms. The Kier molecular flexibility index (Phi) is 3.52. The van der Waals surface area contributed by atoms with Crippen molar-refractivity contribution in [1.29, 1.82) is 0 Å². The maximum Gasteiger partial charge on any atom is 0.252 e. The van der Waals surface area contributed by atoms with Crippen LogP contribution in [0.1, 0.15) is 52.5 Å². The summed E-state index contributed by atoms with van der Waals surface area (Å²) < 4.78 is 0. The number of hydrogen-bond donors (Lipinski definition) is 1. The Hall–Kier alpha value is -2.42. The number of amides is 1. The Balaban J connectivity index is 1.72. The summed E-state index contributed by atoms with van der Waals surface area (Å²) in [6, 6.07) is 17.5. The lowest BCUT2D eigenvalue weighted by atomic mass is 9.64. The number of hydrogen-bond acceptors (Lipinski definition) is 2. The van der Waals surface area contributed by atoms with Crippen LogP contribution < -0.4 is 5.32 Å². The third-order valence-electron chi connectivity index (χ3n) is 5.72. The minimum absolute atomic E-state index is 0.0257. The SMILES string of the molecule is CC1(c2ccccc2)CC[C@H]2NC(=O)c3ccccc3C(=O)[C@H]2C1. The molecule has 1 fully saturated rings. The van der Waals surface area contributed by atoms with Gasteiger partial charge in [0.05, 0.1) is 5.56 Å².